The van der Waals surface area contributed by atoms with Gasteiger partial charge in [-0.3, -0.25) is 4.79 Å². The van der Waals surface area contributed by atoms with Crippen molar-refractivity contribution in [2.75, 3.05) is 6.54 Å². The van der Waals surface area contributed by atoms with E-state index in [1.807, 2.05) is 0 Å². The molecule has 1 aromatic rings. The molecule has 0 bridgehead atoms. The summed E-state index contributed by atoms with van der Waals surface area (Å²) in [6.07, 6.45) is 0.0753. The van der Waals surface area contributed by atoms with Crippen LogP contribution in [0.25, 0.3) is 0 Å². The quantitative estimate of drug-likeness (QED) is 0.382. The molecule has 1 heterocycles. The van der Waals surface area contributed by atoms with E-state index in [9.17, 15) is 22.8 Å². The molecule has 39 heavy (non-hydrogen) atoms. The molecular weight excluding hydrogens is 524 g/mol. The van der Waals surface area contributed by atoms with E-state index in [4.69, 9.17) is 14.2 Å². The number of aryl methyl sites for hydroxylation is 1. The van der Waals surface area contributed by atoms with E-state index in [1.165, 1.54) is 16.4 Å². The van der Waals surface area contributed by atoms with Crippen molar-refractivity contribution in [3.05, 3.63) is 29.3 Å². The molecule has 0 spiro atoms. The van der Waals surface area contributed by atoms with Crippen LogP contribution in [0.4, 0.5) is 4.79 Å². The third-order valence-corrected chi connectivity index (χ3v) is 7.52. The molecule has 1 amide bonds. The number of ether oxygens (including phenoxy) is 3. The maximum atomic E-state index is 13.7. The summed E-state index contributed by atoms with van der Waals surface area (Å²) in [5.74, 6) is -1.26. The average Bonchev–Trinajstić information content (AvgIpc) is 3.22. The highest BCUT2D eigenvalue weighted by Gasteiger charge is 2.41. The second kappa shape index (κ2) is 11.8. The molecule has 2 atom stereocenters. The number of amides is 1. The normalized spacial score (nSPS) is 17.8. The Hall–Kier alpha value is -2.66. The fourth-order valence-electron chi connectivity index (χ4n) is 4.03. The van der Waals surface area contributed by atoms with Crippen molar-refractivity contribution in [2.24, 2.45) is 0 Å². The largest absolute Gasteiger partial charge is 0.459 e. The van der Waals surface area contributed by atoms with Crippen molar-refractivity contribution < 1.29 is 37.0 Å². The van der Waals surface area contributed by atoms with Crippen molar-refractivity contribution in [1.29, 1.82) is 0 Å². The molecule has 1 aromatic carbocycles. The number of carbonyl (C=O) groups is 3. The lowest BCUT2D eigenvalue weighted by Crippen LogP contribution is -2.47. The second-order valence-electron chi connectivity index (χ2n) is 12.8. The molecule has 1 saturated heterocycles. The topological polar surface area (TPSA) is 128 Å². The zero-order valence-electron chi connectivity index (χ0n) is 24.8. The van der Waals surface area contributed by atoms with Crippen molar-refractivity contribution in [2.45, 2.75) is 122 Å². The van der Waals surface area contributed by atoms with E-state index in [1.54, 1.807) is 75.3 Å². The Kier molecular flexibility index (Phi) is 9.88. The van der Waals surface area contributed by atoms with Gasteiger partial charge < -0.3 is 19.5 Å². The van der Waals surface area contributed by atoms with Crippen LogP contribution in [-0.2, 0) is 40.2 Å². The molecule has 220 valence electrons. The number of sulfonamides is 1. The van der Waals surface area contributed by atoms with Gasteiger partial charge in [-0.05, 0) is 105 Å². The summed E-state index contributed by atoms with van der Waals surface area (Å²) >= 11 is 0. The predicted octanol–water partition coefficient (Wildman–Crippen LogP) is 4.27. The van der Waals surface area contributed by atoms with Crippen LogP contribution >= 0.6 is 0 Å². The maximum absolute atomic E-state index is 13.7. The highest BCUT2D eigenvalue weighted by atomic mass is 32.2. The Morgan fingerprint density at radius 2 is 1.51 bits per heavy atom. The standard InChI is InChI=1S/C28H44N2O8S/c1-18-13-14-20(39(34,35)30-15-11-12-22(30)24(32)37-27(5,6)7)16-19(18)17-21(23(31)36-26(2,3)4)29-25(33)38-28(8,9)10/h13-14,16,21-22H,11-12,15,17H2,1-10H3,(H,29,33)/t21-,22+/m0/s1. The molecule has 0 aromatic heterocycles. The van der Waals surface area contributed by atoms with Crippen LogP contribution in [0.1, 0.15) is 86.3 Å². The first-order valence-corrected chi connectivity index (χ1v) is 14.6. The van der Waals surface area contributed by atoms with Gasteiger partial charge in [-0.1, -0.05) is 6.07 Å². The molecule has 0 radical (unpaired) electrons. The summed E-state index contributed by atoms with van der Waals surface area (Å²) in [5, 5.41) is 2.57. The average molecular weight is 569 g/mol. The first-order chi connectivity index (χ1) is 17.6. The van der Waals surface area contributed by atoms with Crippen LogP contribution in [0.2, 0.25) is 0 Å². The SMILES string of the molecule is Cc1ccc(S(=O)(=O)N2CCC[C@@H]2C(=O)OC(C)(C)C)cc1C[C@H](NC(=O)OC(C)(C)C)C(=O)OC(C)(C)C. The fourth-order valence-corrected chi connectivity index (χ4v) is 5.73. The number of hydrogen-bond donors (Lipinski definition) is 1. The minimum atomic E-state index is -4.06. The smallest absolute Gasteiger partial charge is 0.408 e. The first kappa shape index (κ1) is 32.6. The molecule has 0 aliphatic carbocycles. The number of nitrogens with one attached hydrogen (secondary N) is 1. The number of nitrogens with zero attached hydrogens (tertiary/aromatic N) is 1. The summed E-state index contributed by atoms with van der Waals surface area (Å²) in [5.41, 5.74) is -1.09. The molecule has 0 unspecified atom stereocenters. The van der Waals surface area contributed by atoms with Crippen LogP contribution in [0.3, 0.4) is 0 Å². The molecule has 11 heteroatoms. The monoisotopic (exact) mass is 568 g/mol. The van der Waals surface area contributed by atoms with E-state index < -0.39 is 56.9 Å². The van der Waals surface area contributed by atoms with Gasteiger partial charge in [0.1, 0.15) is 28.9 Å². The third-order valence-electron chi connectivity index (χ3n) is 5.62. The zero-order chi connectivity index (χ0) is 30.0. The van der Waals surface area contributed by atoms with Gasteiger partial charge in [-0.2, -0.15) is 4.31 Å². The fraction of sp³-hybridized carbons (Fsp3) is 0.679. The molecule has 1 aliphatic rings. The maximum Gasteiger partial charge on any atom is 0.408 e. The molecular formula is C28H44N2O8S. The van der Waals surface area contributed by atoms with E-state index in [-0.39, 0.29) is 17.9 Å². The second-order valence-corrected chi connectivity index (χ2v) is 14.7. The van der Waals surface area contributed by atoms with Crippen molar-refractivity contribution in [1.82, 2.24) is 9.62 Å². The lowest BCUT2D eigenvalue weighted by Gasteiger charge is -2.28. The molecule has 1 N–H and O–H groups in total. The van der Waals surface area contributed by atoms with Gasteiger partial charge in [-0.25, -0.2) is 18.0 Å². The van der Waals surface area contributed by atoms with E-state index in [0.29, 0.717) is 18.4 Å². The van der Waals surface area contributed by atoms with Gasteiger partial charge in [0.2, 0.25) is 10.0 Å². The molecule has 1 fully saturated rings. The van der Waals surface area contributed by atoms with Crippen LogP contribution in [0.5, 0.6) is 0 Å². The third kappa shape index (κ3) is 9.79. The van der Waals surface area contributed by atoms with Crippen molar-refractivity contribution in [3.63, 3.8) is 0 Å². The number of esters is 2. The lowest BCUT2D eigenvalue weighted by molar-refractivity contribution is -0.159. The Labute approximate surface area is 232 Å². The summed E-state index contributed by atoms with van der Waals surface area (Å²) < 4.78 is 44.8. The molecule has 1 aliphatic heterocycles. The van der Waals surface area contributed by atoms with Crippen LogP contribution in [0.15, 0.2) is 23.1 Å². The lowest BCUT2D eigenvalue weighted by atomic mass is 10.0. The zero-order valence-corrected chi connectivity index (χ0v) is 25.7. The van der Waals surface area contributed by atoms with Gasteiger partial charge in [0.05, 0.1) is 4.90 Å². The Morgan fingerprint density at radius 3 is 2.05 bits per heavy atom. The Bertz CT molecular complexity index is 1170. The first-order valence-electron chi connectivity index (χ1n) is 13.2. The van der Waals surface area contributed by atoms with Gasteiger partial charge in [-0.15, -0.1) is 0 Å². The summed E-state index contributed by atoms with van der Waals surface area (Å²) in [6, 6.07) is 2.55. The van der Waals surface area contributed by atoms with Gasteiger partial charge in [0.15, 0.2) is 0 Å². The van der Waals surface area contributed by atoms with Gasteiger partial charge in [0, 0.05) is 13.0 Å². The number of alkyl carbamates (subject to hydrolysis) is 1. The molecule has 10 nitrogen and oxygen atoms in total. The minimum absolute atomic E-state index is 0.0150. The summed E-state index contributed by atoms with van der Waals surface area (Å²) in [6.45, 7) is 17.4. The van der Waals surface area contributed by atoms with Crippen LogP contribution < -0.4 is 5.32 Å². The summed E-state index contributed by atoms with van der Waals surface area (Å²) in [4.78, 5) is 38.3. The molecule has 0 saturated carbocycles. The van der Waals surface area contributed by atoms with Crippen molar-refractivity contribution >= 4 is 28.1 Å². The highest BCUT2D eigenvalue weighted by molar-refractivity contribution is 7.89. The highest BCUT2D eigenvalue weighted by Crippen LogP contribution is 2.29. The van der Waals surface area contributed by atoms with Crippen molar-refractivity contribution in [3.8, 4) is 0 Å². The Balaban J connectivity index is 2.39. The number of benzene rings is 1. The summed E-state index contributed by atoms with van der Waals surface area (Å²) in [7, 11) is -4.06. The van der Waals surface area contributed by atoms with Gasteiger partial charge >= 0.3 is 18.0 Å². The van der Waals surface area contributed by atoms with E-state index >= 15 is 0 Å². The minimum Gasteiger partial charge on any atom is -0.459 e. The van der Waals surface area contributed by atoms with Crippen LogP contribution in [-0.4, -0.2) is 66.2 Å². The van der Waals surface area contributed by atoms with E-state index in [0.717, 1.165) is 5.56 Å². The van der Waals surface area contributed by atoms with E-state index in [2.05, 4.69) is 5.32 Å². The Morgan fingerprint density at radius 1 is 0.949 bits per heavy atom. The predicted molar refractivity (Wildman–Crippen MR) is 147 cm³/mol. The number of carbonyl (C=O) groups excluding carboxylic acids is 3. The number of rotatable bonds is 7. The molecule has 2 rings (SSSR count). The van der Waals surface area contributed by atoms with Gasteiger partial charge in [0.25, 0.3) is 0 Å². The van der Waals surface area contributed by atoms with Crippen LogP contribution in [0, 0.1) is 6.92 Å². The number of hydrogen-bond acceptors (Lipinski definition) is 8.